The van der Waals surface area contributed by atoms with Crippen LogP contribution in [0.25, 0.3) is 0 Å². The first-order chi connectivity index (χ1) is 7.28. The van der Waals surface area contributed by atoms with E-state index in [2.05, 4.69) is 16.4 Å². The average Bonchev–Trinajstić information content (AvgIpc) is 2.64. The molecule has 1 aromatic heterocycles. The molecule has 3 nitrogen and oxygen atoms in total. The Bertz CT molecular complexity index is 511. The van der Waals surface area contributed by atoms with Crippen LogP contribution in [0.5, 0.6) is 0 Å². The van der Waals surface area contributed by atoms with Gasteiger partial charge in [0.15, 0.2) is 5.13 Å². The first kappa shape index (κ1) is 9.69. The molecule has 15 heavy (non-hydrogen) atoms. The summed E-state index contributed by atoms with van der Waals surface area (Å²) < 4.78 is 0. The normalized spacial score (nSPS) is 9.60. The molecule has 0 spiro atoms. The number of benzene rings is 1. The second-order valence-corrected chi connectivity index (χ2v) is 3.97. The van der Waals surface area contributed by atoms with Crippen LogP contribution in [0, 0.1) is 18.3 Å². The van der Waals surface area contributed by atoms with E-state index in [0.717, 1.165) is 16.5 Å². The standard InChI is InChI=1S/C11H9N3S/c1-8-7-15-11(13-8)14-10-4-2-3-9(5-10)6-12/h2-5,7H,1H3,(H,13,14). The molecule has 0 radical (unpaired) electrons. The highest BCUT2D eigenvalue weighted by Crippen LogP contribution is 2.20. The molecule has 0 aliphatic rings. The highest BCUT2D eigenvalue weighted by Gasteiger charge is 1.99. The molecule has 0 atom stereocenters. The molecule has 74 valence electrons. The summed E-state index contributed by atoms with van der Waals surface area (Å²) in [4.78, 5) is 4.29. The minimum atomic E-state index is 0.647. The fraction of sp³-hybridized carbons (Fsp3) is 0.0909. The van der Waals surface area contributed by atoms with E-state index in [4.69, 9.17) is 5.26 Å². The number of hydrogen-bond acceptors (Lipinski definition) is 4. The first-order valence-electron chi connectivity index (χ1n) is 4.47. The van der Waals surface area contributed by atoms with Crippen molar-refractivity contribution in [3.8, 4) is 6.07 Å². The van der Waals surface area contributed by atoms with Crippen molar-refractivity contribution >= 4 is 22.2 Å². The van der Waals surface area contributed by atoms with Crippen molar-refractivity contribution in [2.75, 3.05) is 5.32 Å². The second-order valence-electron chi connectivity index (χ2n) is 3.11. The summed E-state index contributed by atoms with van der Waals surface area (Å²) in [6.45, 7) is 1.95. The number of nitrogens with zero attached hydrogens (tertiary/aromatic N) is 2. The van der Waals surface area contributed by atoms with Gasteiger partial charge >= 0.3 is 0 Å². The van der Waals surface area contributed by atoms with Crippen molar-refractivity contribution in [2.24, 2.45) is 0 Å². The van der Waals surface area contributed by atoms with Crippen molar-refractivity contribution in [1.29, 1.82) is 5.26 Å². The van der Waals surface area contributed by atoms with Crippen LogP contribution in [-0.2, 0) is 0 Å². The molecule has 0 amide bonds. The van der Waals surface area contributed by atoms with Gasteiger partial charge in [0.25, 0.3) is 0 Å². The Kier molecular flexibility index (Phi) is 2.66. The van der Waals surface area contributed by atoms with Gasteiger partial charge in [-0.3, -0.25) is 0 Å². The van der Waals surface area contributed by atoms with Crippen molar-refractivity contribution < 1.29 is 0 Å². The summed E-state index contributed by atoms with van der Waals surface area (Å²) in [5, 5.41) is 14.7. The number of nitriles is 1. The summed E-state index contributed by atoms with van der Waals surface area (Å²) in [7, 11) is 0. The van der Waals surface area contributed by atoms with Crippen molar-refractivity contribution in [1.82, 2.24) is 4.98 Å². The lowest BCUT2D eigenvalue weighted by molar-refractivity contribution is 1.26. The zero-order valence-electron chi connectivity index (χ0n) is 8.19. The molecular formula is C11H9N3S. The minimum Gasteiger partial charge on any atom is -0.332 e. The lowest BCUT2D eigenvalue weighted by atomic mass is 10.2. The van der Waals surface area contributed by atoms with Crippen LogP contribution in [0.1, 0.15) is 11.3 Å². The van der Waals surface area contributed by atoms with E-state index in [1.54, 1.807) is 23.5 Å². The van der Waals surface area contributed by atoms with E-state index in [1.807, 2.05) is 24.4 Å². The molecule has 1 heterocycles. The van der Waals surface area contributed by atoms with Gasteiger partial charge in [-0.15, -0.1) is 11.3 Å². The van der Waals surface area contributed by atoms with E-state index in [1.165, 1.54) is 0 Å². The van der Waals surface area contributed by atoms with Gasteiger partial charge < -0.3 is 5.32 Å². The quantitative estimate of drug-likeness (QED) is 0.837. The molecule has 0 saturated carbocycles. The van der Waals surface area contributed by atoms with E-state index in [-0.39, 0.29) is 0 Å². The van der Waals surface area contributed by atoms with Crippen LogP contribution in [0.2, 0.25) is 0 Å². The number of aromatic nitrogens is 1. The lowest BCUT2D eigenvalue weighted by Crippen LogP contribution is -1.89. The number of nitrogens with one attached hydrogen (secondary N) is 1. The van der Waals surface area contributed by atoms with E-state index >= 15 is 0 Å². The van der Waals surface area contributed by atoms with Crippen molar-refractivity contribution in [3.63, 3.8) is 0 Å². The predicted molar refractivity (Wildman–Crippen MR) is 61.3 cm³/mol. The smallest absolute Gasteiger partial charge is 0.187 e. The molecule has 0 aliphatic carbocycles. The molecule has 0 saturated heterocycles. The van der Waals surface area contributed by atoms with Gasteiger partial charge in [-0.05, 0) is 25.1 Å². The van der Waals surface area contributed by atoms with Crippen molar-refractivity contribution in [2.45, 2.75) is 6.92 Å². The summed E-state index contributed by atoms with van der Waals surface area (Å²) >= 11 is 1.55. The third kappa shape index (κ3) is 2.33. The molecule has 0 aliphatic heterocycles. The lowest BCUT2D eigenvalue weighted by Gasteiger charge is -2.01. The maximum Gasteiger partial charge on any atom is 0.187 e. The zero-order chi connectivity index (χ0) is 10.7. The maximum absolute atomic E-state index is 8.74. The molecule has 2 rings (SSSR count). The topological polar surface area (TPSA) is 48.7 Å². The first-order valence-corrected chi connectivity index (χ1v) is 5.35. The third-order valence-electron chi connectivity index (χ3n) is 1.86. The van der Waals surface area contributed by atoms with Gasteiger partial charge in [0.05, 0.1) is 17.3 Å². The Morgan fingerprint density at radius 3 is 3.00 bits per heavy atom. The fourth-order valence-electron chi connectivity index (χ4n) is 1.20. The Morgan fingerprint density at radius 1 is 1.47 bits per heavy atom. The van der Waals surface area contributed by atoms with Gasteiger partial charge in [0.2, 0.25) is 0 Å². The highest BCUT2D eigenvalue weighted by atomic mass is 32.1. The van der Waals surface area contributed by atoms with Gasteiger partial charge in [-0.25, -0.2) is 4.98 Å². The van der Waals surface area contributed by atoms with Gasteiger partial charge in [0.1, 0.15) is 0 Å². The second kappa shape index (κ2) is 4.11. The zero-order valence-corrected chi connectivity index (χ0v) is 9.01. The molecule has 0 fully saturated rings. The average molecular weight is 215 g/mol. The molecular weight excluding hydrogens is 206 g/mol. The number of hydrogen-bond donors (Lipinski definition) is 1. The monoisotopic (exact) mass is 215 g/mol. The SMILES string of the molecule is Cc1csc(Nc2cccc(C#N)c2)n1. The van der Waals surface area contributed by atoms with E-state index in [0.29, 0.717) is 5.56 Å². The van der Waals surface area contributed by atoms with Crippen LogP contribution < -0.4 is 5.32 Å². The minimum absolute atomic E-state index is 0.647. The highest BCUT2D eigenvalue weighted by molar-refractivity contribution is 7.13. The summed E-state index contributed by atoms with van der Waals surface area (Å²) in [5.74, 6) is 0. The summed E-state index contributed by atoms with van der Waals surface area (Å²) in [6.07, 6.45) is 0. The van der Waals surface area contributed by atoms with Crippen LogP contribution in [0.3, 0.4) is 0 Å². The molecule has 0 unspecified atom stereocenters. The van der Waals surface area contributed by atoms with E-state index in [9.17, 15) is 0 Å². The van der Waals surface area contributed by atoms with Crippen LogP contribution in [0.15, 0.2) is 29.6 Å². The van der Waals surface area contributed by atoms with Crippen LogP contribution >= 0.6 is 11.3 Å². The van der Waals surface area contributed by atoms with Gasteiger partial charge in [-0.2, -0.15) is 5.26 Å². The van der Waals surface area contributed by atoms with Gasteiger partial charge in [0, 0.05) is 11.1 Å². The predicted octanol–water partition coefficient (Wildman–Crippen LogP) is 3.07. The molecule has 1 N–H and O–H groups in total. The Morgan fingerprint density at radius 2 is 2.33 bits per heavy atom. The van der Waals surface area contributed by atoms with Crippen LogP contribution in [0.4, 0.5) is 10.8 Å². The number of thiazole rings is 1. The summed E-state index contributed by atoms with van der Waals surface area (Å²) in [6, 6.07) is 9.44. The maximum atomic E-state index is 8.74. The third-order valence-corrected chi connectivity index (χ3v) is 2.74. The molecule has 1 aromatic carbocycles. The number of aryl methyl sites for hydroxylation is 1. The Balaban J connectivity index is 2.21. The Labute approximate surface area is 92.0 Å². The molecule has 2 aromatic rings. The van der Waals surface area contributed by atoms with Gasteiger partial charge in [-0.1, -0.05) is 6.07 Å². The van der Waals surface area contributed by atoms with Crippen molar-refractivity contribution in [3.05, 3.63) is 40.9 Å². The fourth-order valence-corrected chi connectivity index (χ4v) is 1.91. The number of anilines is 2. The Hall–Kier alpha value is -1.86. The van der Waals surface area contributed by atoms with Crippen LogP contribution in [-0.4, -0.2) is 4.98 Å². The summed E-state index contributed by atoms with van der Waals surface area (Å²) in [5.41, 5.74) is 2.54. The largest absolute Gasteiger partial charge is 0.332 e. The number of rotatable bonds is 2. The molecule has 4 heteroatoms. The molecule has 0 bridgehead atoms. The van der Waals surface area contributed by atoms with E-state index < -0.39 is 0 Å².